The van der Waals surface area contributed by atoms with E-state index in [4.69, 9.17) is 4.43 Å². The molecule has 0 aliphatic heterocycles. The Balaban J connectivity index is 1.52. The number of allylic oxidation sites excluding steroid dienone is 3. The molecule has 2 nitrogen and oxygen atoms in total. The molecule has 4 rings (SSSR count). The first-order valence-electron chi connectivity index (χ1n) is 11.4. The van der Waals surface area contributed by atoms with E-state index < -0.39 is 8.32 Å². The highest BCUT2D eigenvalue weighted by molar-refractivity contribution is 6.71. The molecule has 0 amide bonds. The van der Waals surface area contributed by atoms with Gasteiger partial charge in [-0.1, -0.05) is 45.3 Å². The normalized spacial score (nSPS) is 41.0. The number of rotatable bonds is 5. The van der Waals surface area contributed by atoms with Crippen molar-refractivity contribution in [3.63, 3.8) is 0 Å². The Bertz CT molecular complexity index is 649. The van der Waals surface area contributed by atoms with E-state index in [0.717, 1.165) is 24.2 Å². The van der Waals surface area contributed by atoms with Crippen LogP contribution < -0.4 is 0 Å². The van der Waals surface area contributed by atoms with Gasteiger partial charge in [-0.2, -0.15) is 0 Å². The fourth-order valence-corrected chi connectivity index (χ4v) is 9.08. The van der Waals surface area contributed by atoms with Crippen molar-refractivity contribution in [3.05, 3.63) is 23.8 Å². The largest absolute Gasteiger partial charge is 0.407 e. The first-order chi connectivity index (χ1) is 12.8. The molecule has 3 heteroatoms. The number of hydrogen-bond donors (Lipinski definition) is 0. The van der Waals surface area contributed by atoms with E-state index in [0.29, 0.717) is 11.3 Å². The highest BCUT2D eigenvalue weighted by Gasteiger charge is 2.52. The Kier molecular flexibility index (Phi) is 5.31. The van der Waals surface area contributed by atoms with Crippen LogP contribution in [0.5, 0.6) is 0 Å². The van der Waals surface area contributed by atoms with Crippen LogP contribution >= 0.6 is 0 Å². The molecule has 27 heavy (non-hydrogen) atoms. The van der Waals surface area contributed by atoms with Crippen LogP contribution in [-0.2, 0) is 9.22 Å². The maximum atomic E-state index is 12.8. The van der Waals surface area contributed by atoms with Gasteiger partial charge < -0.3 is 4.43 Å². The molecule has 2 saturated carbocycles. The quantitative estimate of drug-likeness (QED) is 0.519. The number of ketones is 1. The van der Waals surface area contributed by atoms with Crippen LogP contribution in [0.4, 0.5) is 0 Å². The SMILES string of the molecule is CCCC[Si](C)(C)OC1C[C@H]2C(=CC1=O)C=C[C@@H]1[C@@H]2CC[C@]2(C)CCC[C@@H]12. The summed E-state index contributed by atoms with van der Waals surface area (Å²) in [5.41, 5.74) is 1.87. The minimum Gasteiger partial charge on any atom is -0.407 e. The summed E-state index contributed by atoms with van der Waals surface area (Å²) in [5, 5.41) is 0. The zero-order valence-electron chi connectivity index (χ0n) is 17.8. The van der Waals surface area contributed by atoms with E-state index in [1.807, 2.05) is 6.08 Å². The van der Waals surface area contributed by atoms with Gasteiger partial charge >= 0.3 is 0 Å². The van der Waals surface area contributed by atoms with E-state index in [9.17, 15) is 4.79 Å². The molecular formula is C24H38O2Si. The van der Waals surface area contributed by atoms with Crippen LogP contribution in [0.1, 0.15) is 65.2 Å². The summed E-state index contributed by atoms with van der Waals surface area (Å²) in [6.07, 6.45) is 16.9. The second-order valence-electron chi connectivity index (χ2n) is 10.7. The molecule has 0 N–H and O–H groups in total. The molecule has 0 aromatic carbocycles. The standard InChI is InChI=1S/C24H38O2Si/c1-5-6-14-27(3,4)26-23-16-20-17(15-22(23)25)9-10-19-18(20)11-13-24(2)12-7-8-21(19)24/h9-10,15,18-21,23H,5-8,11-14,16H2,1-4H3/t18-,19+,20-,21-,23?,24-/m0/s1. The minimum absolute atomic E-state index is 0.179. The molecule has 0 radical (unpaired) electrons. The van der Waals surface area contributed by atoms with E-state index in [1.54, 1.807) is 0 Å². The third kappa shape index (κ3) is 3.66. The zero-order valence-corrected chi connectivity index (χ0v) is 18.8. The van der Waals surface area contributed by atoms with Gasteiger partial charge in [0.05, 0.1) is 0 Å². The number of fused-ring (bicyclic) bond motifs is 5. The summed E-state index contributed by atoms with van der Waals surface area (Å²) in [7, 11) is -1.76. The summed E-state index contributed by atoms with van der Waals surface area (Å²) in [5.74, 6) is 3.10. The van der Waals surface area contributed by atoms with E-state index in [-0.39, 0.29) is 11.9 Å². The van der Waals surface area contributed by atoms with Crippen LogP contribution in [0.15, 0.2) is 23.8 Å². The zero-order chi connectivity index (χ0) is 19.2. The maximum Gasteiger partial charge on any atom is 0.187 e. The van der Waals surface area contributed by atoms with Crippen molar-refractivity contribution in [2.75, 3.05) is 0 Å². The van der Waals surface area contributed by atoms with Crippen molar-refractivity contribution >= 4 is 14.1 Å². The van der Waals surface area contributed by atoms with Gasteiger partial charge in [0.2, 0.25) is 0 Å². The van der Waals surface area contributed by atoms with Gasteiger partial charge in [0.1, 0.15) is 6.10 Å². The summed E-state index contributed by atoms with van der Waals surface area (Å²) in [6, 6.07) is 1.17. The lowest BCUT2D eigenvalue weighted by molar-refractivity contribution is -0.123. The average Bonchev–Trinajstić information content (AvgIpc) is 3.02. The Labute approximate surface area is 167 Å². The molecule has 0 bridgehead atoms. The Hall–Kier alpha value is -0.673. The third-order valence-corrected chi connectivity index (χ3v) is 10.8. The smallest absolute Gasteiger partial charge is 0.187 e. The summed E-state index contributed by atoms with van der Waals surface area (Å²) < 4.78 is 6.55. The molecule has 4 aliphatic carbocycles. The van der Waals surface area contributed by atoms with Crippen molar-refractivity contribution in [2.24, 2.45) is 29.1 Å². The lowest BCUT2D eigenvalue weighted by atomic mass is 9.54. The highest BCUT2D eigenvalue weighted by Crippen LogP contribution is 2.60. The van der Waals surface area contributed by atoms with Gasteiger partial charge in [-0.15, -0.1) is 0 Å². The molecule has 6 atom stereocenters. The summed E-state index contributed by atoms with van der Waals surface area (Å²) in [4.78, 5) is 12.8. The van der Waals surface area contributed by atoms with E-state index in [1.165, 1.54) is 56.6 Å². The Morgan fingerprint density at radius 3 is 2.85 bits per heavy atom. The van der Waals surface area contributed by atoms with Gasteiger partial charge in [-0.05, 0) is 92.0 Å². The molecule has 2 fully saturated rings. The maximum absolute atomic E-state index is 12.8. The molecule has 0 spiro atoms. The number of unbranched alkanes of at least 4 members (excludes halogenated alkanes) is 1. The van der Waals surface area contributed by atoms with Gasteiger partial charge in [0, 0.05) is 0 Å². The second-order valence-corrected chi connectivity index (χ2v) is 14.9. The topological polar surface area (TPSA) is 26.3 Å². The van der Waals surface area contributed by atoms with Gasteiger partial charge in [0.15, 0.2) is 14.1 Å². The number of carbonyl (C=O) groups excluding carboxylic acids is 1. The lowest BCUT2D eigenvalue weighted by Gasteiger charge is -2.51. The fraction of sp³-hybridized carbons (Fsp3) is 0.792. The van der Waals surface area contributed by atoms with Crippen molar-refractivity contribution in [2.45, 2.75) is 90.5 Å². The predicted octanol–water partition coefficient (Wildman–Crippen LogP) is 6.29. The second kappa shape index (κ2) is 7.30. The number of hydrogen-bond acceptors (Lipinski definition) is 2. The molecule has 0 aromatic heterocycles. The van der Waals surface area contributed by atoms with Crippen molar-refractivity contribution in [3.8, 4) is 0 Å². The first kappa shape index (κ1) is 19.6. The summed E-state index contributed by atoms with van der Waals surface area (Å²) in [6.45, 7) is 9.37. The Morgan fingerprint density at radius 2 is 2.07 bits per heavy atom. The van der Waals surface area contributed by atoms with Crippen molar-refractivity contribution in [1.29, 1.82) is 0 Å². The van der Waals surface area contributed by atoms with Crippen LogP contribution in [0, 0.1) is 29.1 Å². The van der Waals surface area contributed by atoms with Gasteiger partial charge in [0.25, 0.3) is 0 Å². The van der Waals surface area contributed by atoms with Crippen LogP contribution in [0.25, 0.3) is 0 Å². The van der Waals surface area contributed by atoms with E-state index in [2.05, 4.69) is 39.1 Å². The average molecular weight is 387 g/mol. The molecule has 4 aliphatic rings. The molecular weight excluding hydrogens is 348 g/mol. The molecule has 150 valence electrons. The van der Waals surface area contributed by atoms with E-state index >= 15 is 0 Å². The van der Waals surface area contributed by atoms with Crippen LogP contribution in [0.3, 0.4) is 0 Å². The van der Waals surface area contributed by atoms with Gasteiger partial charge in [-0.3, -0.25) is 4.79 Å². The fourth-order valence-electron chi connectivity index (χ4n) is 6.78. The molecule has 0 saturated heterocycles. The monoisotopic (exact) mass is 386 g/mol. The molecule has 1 unspecified atom stereocenters. The highest BCUT2D eigenvalue weighted by atomic mass is 28.4. The lowest BCUT2D eigenvalue weighted by Crippen LogP contribution is -2.47. The molecule has 0 aromatic rings. The van der Waals surface area contributed by atoms with Crippen LogP contribution in [-0.4, -0.2) is 20.2 Å². The first-order valence-corrected chi connectivity index (χ1v) is 14.6. The van der Waals surface area contributed by atoms with Gasteiger partial charge in [-0.25, -0.2) is 0 Å². The van der Waals surface area contributed by atoms with Crippen LogP contribution in [0.2, 0.25) is 19.1 Å². The molecule has 0 heterocycles. The minimum atomic E-state index is -1.76. The third-order valence-electron chi connectivity index (χ3n) is 8.31. The van der Waals surface area contributed by atoms with Crippen molar-refractivity contribution < 1.29 is 9.22 Å². The Morgan fingerprint density at radius 1 is 1.26 bits per heavy atom. The summed E-state index contributed by atoms with van der Waals surface area (Å²) >= 11 is 0. The van der Waals surface area contributed by atoms with Crippen molar-refractivity contribution in [1.82, 2.24) is 0 Å². The number of carbonyl (C=O) groups is 1. The predicted molar refractivity (Wildman–Crippen MR) is 114 cm³/mol.